The smallest absolute Gasteiger partial charge is 0.202 e. The summed E-state index contributed by atoms with van der Waals surface area (Å²) in [5.74, 6) is 1.53. The molecule has 0 aliphatic carbocycles. The van der Waals surface area contributed by atoms with Crippen molar-refractivity contribution in [3.8, 4) is 11.5 Å². The summed E-state index contributed by atoms with van der Waals surface area (Å²) in [6.45, 7) is 1.38. The lowest BCUT2D eigenvalue weighted by atomic mass is 10.1. The van der Waals surface area contributed by atoms with Crippen LogP contribution in [-0.4, -0.2) is 25.0 Å². The zero-order valence-electron chi connectivity index (χ0n) is 15.4. The largest absolute Gasteiger partial charge is 0.497 e. The number of fused-ring (bicyclic) bond motifs is 1. The summed E-state index contributed by atoms with van der Waals surface area (Å²) < 4.78 is 11.3. The molecule has 1 aromatic heterocycles. The third-order valence-corrected chi connectivity index (χ3v) is 6.22. The molecule has 5 nitrogen and oxygen atoms in total. The van der Waals surface area contributed by atoms with E-state index in [0.29, 0.717) is 42.7 Å². The first-order valence-corrected chi connectivity index (χ1v) is 10.4. The Bertz CT molecular complexity index is 1110. The Morgan fingerprint density at radius 1 is 1.18 bits per heavy atom. The number of Topliss-reactive ketones (excluding diaryl/α,β-unsaturated/α-hetero) is 1. The highest BCUT2D eigenvalue weighted by Crippen LogP contribution is 2.33. The lowest BCUT2D eigenvalue weighted by Crippen LogP contribution is -2.17. The Hall–Kier alpha value is -1.96. The zero-order chi connectivity index (χ0) is 20.4. The number of carbonyl (C=O) groups excluding carboxylic acids is 1. The van der Waals surface area contributed by atoms with E-state index in [1.54, 1.807) is 32.4 Å². The van der Waals surface area contributed by atoms with Crippen LogP contribution < -0.4 is 14.9 Å². The van der Waals surface area contributed by atoms with Crippen molar-refractivity contribution in [1.29, 1.82) is 0 Å². The first-order valence-electron chi connectivity index (χ1n) is 8.25. The van der Waals surface area contributed by atoms with Gasteiger partial charge in [0, 0.05) is 16.3 Å². The number of H-pyrrole nitrogens is 1. The van der Waals surface area contributed by atoms with Gasteiger partial charge in [0.2, 0.25) is 5.43 Å². The average molecular weight is 483 g/mol. The van der Waals surface area contributed by atoms with Crippen molar-refractivity contribution in [2.45, 2.75) is 17.7 Å². The summed E-state index contributed by atoms with van der Waals surface area (Å²) in [5, 5.41) is 1.10. The molecule has 3 rings (SSSR count). The van der Waals surface area contributed by atoms with Gasteiger partial charge in [-0.05, 0) is 52.7 Å². The molecular formula is C20H17BrClNO4S. The molecule has 0 aliphatic rings. The fraction of sp³-hybridized carbons (Fsp3) is 0.200. The molecule has 0 bridgehead atoms. The number of methoxy groups -OCH3 is 2. The number of hydrogen-bond acceptors (Lipinski definition) is 5. The molecule has 0 aliphatic heterocycles. The summed E-state index contributed by atoms with van der Waals surface area (Å²) in [4.78, 5) is 28.4. The molecule has 3 aromatic rings. The van der Waals surface area contributed by atoms with Gasteiger partial charge >= 0.3 is 0 Å². The van der Waals surface area contributed by atoms with E-state index in [2.05, 4.69) is 20.9 Å². The highest BCUT2D eigenvalue weighted by Gasteiger charge is 2.19. The normalized spacial score (nSPS) is 10.9. The maximum absolute atomic E-state index is 13.0. The van der Waals surface area contributed by atoms with Gasteiger partial charge in [-0.3, -0.25) is 9.59 Å². The van der Waals surface area contributed by atoms with Crippen LogP contribution in [0, 0.1) is 0 Å². The van der Waals surface area contributed by atoms with Gasteiger partial charge in [0.15, 0.2) is 5.78 Å². The van der Waals surface area contributed by atoms with Crippen LogP contribution in [0.3, 0.4) is 0 Å². The van der Waals surface area contributed by atoms with Gasteiger partial charge in [-0.2, -0.15) is 0 Å². The summed E-state index contributed by atoms with van der Waals surface area (Å²) in [7, 11) is 3.17. The second-order valence-corrected chi connectivity index (χ2v) is 8.25. The Morgan fingerprint density at radius 2 is 1.82 bits per heavy atom. The number of halogens is 2. The number of aromatic nitrogens is 1. The molecule has 28 heavy (non-hydrogen) atoms. The van der Waals surface area contributed by atoms with Crippen molar-refractivity contribution in [3.05, 3.63) is 61.2 Å². The SMILES string of the molecule is COc1cc(CSc2[nH]c3c(Br)ccc(Cl)c3c(=O)c2C(C)=O)cc(OC)c1. The molecule has 1 heterocycles. The molecule has 0 spiro atoms. The maximum Gasteiger partial charge on any atom is 0.202 e. The minimum Gasteiger partial charge on any atom is -0.497 e. The molecule has 0 atom stereocenters. The van der Waals surface area contributed by atoms with E-state index >= 15 is 0 Å². The number of ether oxygens (including phenoxy) is 2. The molecular weight excluding hydrogens is 466 g/mol. The zero-order valence-corrected chi connectivity index (χ0v) is 18.5. The van der Waals surface area contributed by atoms with Crippen molar-refractivity contribution in [3.63, 3.8) is 0 Å². The minimum absolute atomic E-state index is 0.104. The highest BCUT2D eigenvalue weighted by molar-refractivity contribution is 9.10. The minimum atomic E-state index is -0.377. The number of aromatic amines is 1. The average Bonchev–Trinajstić information content (AvgIpc) is 2.68. The van der Waals surface area contributed by atoms with Crippen molar-refractivity contribution >= 4 is 56.0 Å². The maximum atomic E-state index is 13.0. The third-order valence-electron chi connectivity index (χ3n) is 4.17. The van der Waals surface area contributed by atoms with E-state index in [0.717, 1.165) is 5.56 Å². The third kappa shape index (κ3) is 4.06. The molecule has 0 amide bonds. The first-order chi connectivity index (χ1) is 13.3. The molecule has 0 saturated carbocycles. The molecule has 1 N–H and O–H groups in total. The standard InChI is InChI=1S/C20H17BrClNO4S/c1-10(24)16-19(25)17-15(22)5-4-14(21)18(17)23-20(16)28-9-11-6-12(26-2)8-13(7-11)27-3/h4-8H,9H2,1-3H3,(H,23,25). The van der Waals surface area contributed by atoms with E-state index in [4.69, 9.17) is 21.1 Å². The van der Waals surface area contributed by atoms with Gasteiger partial charge in [-0.25, -0.2) is 0 Å². The first kappa shape index (κ1) is 20.8. The number of hydrogen-bond donors (Lipinski definition) is 1. The molecule has 8 heteroatoms. The van der Waals surface area contributed by atoms with Gasteiger partial charge in [-0.15, -0.1) is 11.8 Å². The fourth-order valence-electron chi connectivity index (χ4n) is 2.83. The molecule has 0 saturated heterocycles. The van der Waals surface area contributed by atoms with E-state index in [9.17, 15) is 9.59 Å². The quantitative estimate of drug-likeness (QED) is 0.373. The number of rotatable bonds is 6. The topological polar surface area (TPSA) is 68.4 Å². The van der Waals surface area contributed by atoms with Crippen molar-refractivity contribution in [2.75, 3.05) is 14.2 Å². The monoisotopic (exact) mass is 481 g/mol. The van der Waals surface area contributed by atoms with E-state index in [1.165, 1.54) is 18.7 Å². The summed E-state index contributed by atoms with van der Waals surface area (Å²) in [5.41, 5.74) is 1.22. The highest BCUT2D eigenvalue weighted by atomic mass is 79.9. The van der Waals surface area contributed by atoms with Crippen LogP contribution in [0.15, 0.2) is 44.6 Å². The lowest BCUT2D eigenvalue weighted by Gasteiger charge is -2.12. The van der Waals surface area contributed by atoms with Gasteiger partial charge in [0.05, 0.1) is 40.7 Å². The number of carbonyl (C=O) groups is 1. The second-order valence-electron chi connectivity index (χ2n) is 6.00. The van der Waals surface area contributed by atoms with Crippen LogP contribution in [0.2, 0.25) is 5.02 Å². The Morgan fingerprint density at radius 3 is 2.39 bits per heavy atom. The van der Waals surface area contributed by atoms with E-state index in [1.807, 2.05) is 12.1 Å². The van der Waals surface area contributed by atoms with Crippen molar-refractivity contribution in [1.82, 2.24) is 4.98 Å². The van der Waals surface area contributed by atoms with Crippen molar-refractivity contribution < 1.29 is 14.3 Å². The summed E-state index contributed by atoms with van der Waals surface area (Å²) >= 11 is 11.0. The molecule has 0 unspecified atom stereocenters. The van der Waals surface area contributed by atoms with Crippen LogP contribution in [0.1, 0.15) is 22.8 Å². The number of benzene rings is 2. The van der Waals surface area contributed by atoms with Crippen LogP contribution in [0.25, 0.3) is 10.9 Å². The number of nitrogens with one attached hydrogen (secondary N) is 1. The Labute approximate surface area is 179 Å². The Kier molecular flexibility index (Phi) is 6.37. The van der Waals surface area contributed by atoms with Crippen LogP contribution in [-0.2, 0) is 5.75 Å². The van der Waals surface area contributed by atoms with Gasteiger partial charge in [0.25, 0.3) is 0 Å². The van der Waals surface area contributed by atoms with Gasteiger partial charge in [-0.1, -0.05) is 11.6 Å². The molecule has 0 fully saturated rings. The fourth-order valence-corrected chi connectivity index (χ4v) is 4.54. The number of pyridine rings is 1. The second kappa shape index (κ2) is 8.59. The van der Waals surface area contributed by atoms with Gasteiger partial charge in [0.1, 0.15) is 11.5 Å². The predicted molar refractivity (Wildman–Crippen MR) is 116 cm³/mol. The summed E-state index contributed by atoms with van der Waals surface area (Å²) in [6.07, 6.45) is 0. The van der Waals surface area contributed by atoms with Gasteiger partial charge < -0.3 is 14.5 Å². The van der Waals surface area contributed by atoms with E-state index < -0.39 is 0 Å². The van der Waals surface area contributed by atoms with Crippen LogP contribution in [0.4, 0.5) is 0 Å². The van der Waals surface area contributed by atoms with Crippen molar-refractivity contribution in [2.24, 2.45) is 0 Å². The van der Waals surface area contributed by atoms with Crippen LogP contribution in [0.5, 0.6) is 11.5 Å². The molecule has 146 valence electrons. The molecule has 2 aromatic carbocycles. The molecule has 0 radical (unpaired) electrons. The lowest BCUT2D eigenvalue weighted by molar-refractivity contribution is 0.101. The Balaban J connectivity index is 2.08. The van der Waals surface area contributed by atoms with Crippen LogP contribution >= 0.6 is 39.3 Å². The predicted octanol–water partition coefficient (Wildman–Crippen LogP) is 5.46. The summed E-state index contributed by atoms with van der Waals surface area (Å²) in [6, 6.07) is 8.94. The van der Waals surface area contributed by atoms with E-state index in [-0.39, 0.29) is 16.8 Å². The number of thioether (sulfide) groups is 1. The number of ketones is 1.